The van der Waals surface area contributed by atoms with Crippen molar-refractivity contribution < 1.29 is 0 Å². The third-order valence-corrected chi connectivity index (χ3v) is 12.6. The van der Waals surface area contributed by atoms with Crippen LogP contribution < -0.4 is 16.0 Å². The van der Waals surface area contributed by atoms with Gasteiger partial charge in [-0.1, -0.05) is 243 Å². The van der Waals surface area contributed by atoms with Crippen LogP contribution in [0.2, 0.25) is 0 Å². The fraction of sp³-hybridized carbons (Fsp3) is 0.0484. The average Bonchev–Trinajstić information content (AvgIpc) is 3.42. The number of nitrogens with zero attached hydrogens (tertiary/aromatic N) is 1. The molecule has 0 aromatic heterocycles. The molecule has 11 rings (SSSR count). The van der Waals surface area contributed by atoms with Crippen LogP contribution in [0.25, 0.3) is 44.7 Å². The molecular weight excluding hydrogens is 801 g/mol. The van der Waals surface area contributed by atoms with Crippen LogP contribution in [0.4, 0.5) is 0 Å². The van der Waals surface area contributed by atoms with Gasteiger partial charge in [0.05, 0.1) is 11.7 Å². The van der Waals surface area contributed by atoms with Crippen molar-refractivity contribution >= 4 is 28.3 Å². The molecule has 0 bridgehead atoms. The van der Waals surface area contributed by atoms with E-state index in [1.807, 2.05) is 6.07 Å². The number of dihydropyridines is 1. The second-order valence-corrected chi connectivity index (χ2v) is 16.8. The van der Waals surface area contributed by atoms with Crippen molar-refractivity contribution in [1.29, 1.82) is 0 Å². The highest BCUT2D eigenvalue weighted by molar-refractivity contribution is 6.24. The summed E-state index contributed by atoms with van der Waals surface area (Å²) in [6.45, 7) is 0. The van der Waals surface area contributed by atoms with Crippen LogP contribution in [-0.2, 0) is 0 Å². The summed E-state index contributed by atoms with van der Waals surface area (Å²) in [6.07, 6.45) is -0.456. The maximum absolute atomic E-state index is 5.30. The van der Waals surface area contributed by atoms with Crippen molar-refractivity contribution in [3.8, 4) is 22.3 Å². The SMILES string of the molecule is c1ccc(C2=NC(c3cccc(-c4ccc(C5=C(c6ccccc6)C(c6ccccc6)NC(c6ccccc6)=C5c5ccccc5)cc4)c3)NC(c3cccc(-c4ccccc4)c3)N2)cc1. The number of allylic oxidation sites excluding steroid dienone is 2. The van der Waals surface area contributed by atoms with Crippen molar-refractivity contribution in [1.82, 2.24) is 16.0 Å². The van der Waals surface area contributed by atoms with Crippen molar-refractivity contribution in [2.75, 3.05) is 0 Å². The topological polar surface area (TPSA) is 48.5 Å². The first-order valence-corrected chi connectivity index (χ1v) is 22.7. The normalized spacial score (nSPS) is 17.1. The predicted octanol–water partition coefficient (Wildman–Crippen LogP) is 14.2. The van der Waals surface area contributed by atoms with E-state index in [4.69, 9.17) is 4.99 Å². The Bertz CT molecular complexity index is 3180. The minimum Gasteiger partial charge on any atom is -0.373 e. The summed E-state index contributed by atoms with van der Waals surface area (Å²) in [5.41, 5.74) is 18.5. The highest BCUT2D eigenvalue weighted by Crippen LogP contribution is 2.50. The highest BCUT2D eigenvalue weighted by atomic mass is 15.3. The molecule has 2 aliphatic rings. The summed E-state index contributed by atoms with van der Waals surface area (Å²) in [5, 5.41) is 11.7. The summed E-state index contributed by atoms with van der Waals surface area (Å²) in [4.78, 5) is 5.30. The zero-order valence-electron chi connectivity index (χ0n) is 36.4. The maximum atomic E-state index is 5.30. The van der Waals surface area contributed by atoms with Gasteiger partial charge >= 0.3 is 0 Å². The van der Waals surface area contributed by atoms with E-state index < -0.39 is 0 Å². The van der Waals surface area contributed by atoms with E-state index in [1.54, 1.807) is 0 Å². The molecule has 9 aromatic rings. The van der Waals surface area contributed by atoms with E-state index in [0.717, 1.165) is 56.0 Å². The first kappa shape index (κ1) is 40.5. The lowest BCUT2D eigenvalue weighted by Crippen LogP contribution is -2.44. The molecule has 0 radical (unpaired) electrons. The fourth-order valence-electron chi connectivity index (χ4n) is 9.43. The number of aliphatic imine (C=N–C) groups is 1. The smallest absolute Gasteiger partial charge is 0.131 e. The van der Waals surface area contributed by atoms with Crippen molar-refractivity contribution in [3.63, 3.8) is 0 Å². The number of nitrogens with one attached hydrogen (secondary N) is 3. The van der Waals surface area contributed by atoms with E-state index in [9.17, 15) is 0 Å². The van der Waals surface area contributed by atoms with Gasteiger partial charge < -0.3 is 10.6 Å². The summed E-state index contributed by atoms with van der Waals surface area (Å²) >= 11 is 0. The van der Waals surface area contributed by atoms with Gasteiger partial charge in [-0.15, -0.1) is 0 Å². The lowest BCUT2D eigenvalue weighted by molar-refractivity contribution is 0.409. The van der Waals surface area contributed by atoms with E-state index >= 15 is 0 Å². The van der Waals surface area contributed by atoms with E-state index in [0.29, 0.717) is 0 Å². The molecule has 0 amide bonds. The Kier molecular flexibility index (Phi) is 11.3. The number of hydrogen-bond acceptors (Lipinski definition) is 4. The third kappa shape index (κ3) is 8.30. The molecule has 0 saturated carbocycles. The van der Waals surface area contributed by atoms with Crippen LogP contribution in [0, 0.1) is 0 Å². The van der Waals surface area contributed by atoms with Gasteiger partial charge in [0.15, 0.2) is 0 Å². The van der Waals surface area contributed by atoms with Gasteiger partial charge in [-0.05, 0) is 84.5 Å². The minimum atomic E-state index is -0.288. The Balaban J connectivity index is 1.01. The zero-order valence-corrected chi connectivity index (χ0v) is 36.4. The molecule has 0 spiro atoms. The first-order valence-electron chi connectivity index (χ1n) is 22.7. The largest absolute Gasteiger partial charge is 0.373 e. The second kappa shape index (κ2) is 18.4. The van der Waals surface area contributed by atoms with Crippen LogP contribution in [0.3, 0.4) is 0 Å². The highest BCUT2D eigenvalue weighted by Gasteiger charge is 2.33. The number of amidine groups is 1. The Morgan fingerprint density at radius 1 is 0.303 bits per heavy atom. The van der Waals surface area contributed by atoms with Gasteiger partial charge in [0.1, 0.15) is 18.2 Å². The molecule has 3 atom stereocenters. The standard InChI is InChI=1S/C62H48N4/c1-7-21-43(22-8-1)51-33-19-35-53(41-51)61-64-60(50-31-17-6-18-32-50)65-62(66-61)54-36-20-34-52(42-54)44-37-39-47(40-38-44)55-56(45-23-9-2-10-24-45)58(48-27-13-4-14-28-48)63-59(49-29-15-5-16-30-49)57(55)46-25-11-3-12-26-46/h1-42,58,61-63,66H,(H,64,65). The molecule has 2 aliphatic heterocycles. The van der Waals surface area contributed by atoms with Gasteiger partial charge in [-0.3, -0.25) is 5.32 Å². The van der Waals surface area contributed by atoms with Crippen LogP contribution in [0.5, 0.6) is 0 Å². The molecule has 9 aromatic carbocycles. The fourth-order valence-corrected chi connectivity index (χ4v) is 9.43. The lowest BCUT2D eigenvalue weighted by Gasteiger charge is -2.36. The minimum absolute atomic E-state index is 0.105. The summed E-state index contributed by atoms with van der Waals surface area (Å²) in [6, 6.07) is 90.9. The van der Waals surface area contributed by atoms with Crippen molar-refractivity contribution in [2.24, 2.45) is 4.99 Å². The zero-order chi connectivity index (χ0) is 44.1. The lowest BCUT2D eigenvalue weighted by atomic mass is 9.77. The van der Waals surface area contributed by atoms with Gasteiger partial charge in [-0.2, -0.15) is 0 Å². The molecule has 0 saturated heterocycles. The average molecular weight is 849 g/mol. The van der Waals surface area contributed by atoms with Crippen LogP contribution in [-0.4, -0.2) is 5.84 Å². The van der Waals surface area contributed by atoms with Gasteiger partial charge in [0.25, 0.3) is 0 Å². The number of benzene rings is 9. The van der Waals surface area contributed by atoms with Gasteiger partial charge in [-0.25, -0.2) is 4.99 Å². The van der Waals surface area contributed by atoms with Crippen LogP contribution in [0.1, 0.15) is 62.9 Å². The molecule has 3 N–H and O–H groups in total. The molecule has 0 fully saturated rings. The molecule has 316 valence electrons. The van der Waals surface area contributed by atoms with Crippen molar-refractivity contribution in [3.05, 3.63) is 299 Å². The predicted molar refractivity (Wildman–Crippen MR) is 274 cm³/mol. The van der Waals surface area contributed by atoms with E-state index in [1.165, 1.54) is 39.0 Å². The Morgan fingerprint density at radius 2 is 0.727 bits per heavy atom. The summed E-state index contributed by atoms with van der Waals surface area (Å²) in [5.74, 6) is 0.861. The molecular formula is C62H48N4. The molecule has 4 heteroatoms. The molecule has 2 heterocycles. The number of hydrogen-bond donors (Lipinski definition) is 3. The van der Waals surface area contributed by atoms with E-state index in [-0.39, 0.29) is 18.4 Å². The first-order chi connectivity index (χ1) is 32.7. The van der Waals surface area contributed by atoms with Crippen LogP contribution >= 0.6 is 0 Å². The Labute approximate surface area is 387 Å². The second-order valence-electron chi connectivity index (χ2n) is 16.8. The Morgan fingerprint density at radius 3 is 1.33 bits per heavy atom. The Hall–Kier alpha value is -8.31. The molecule has 66 heavy (non-hydrogen) atoms. The maximum Gasteiger partial charge on any atom is 0.131 e. The molecule has 3 unspecified atom stereocenters. The van der Waals surface area contributed by atoms with Crippen molar-refractivity contribution in [2.45, 2.75) is 18.4 Å². The summed E-state index contributed by atoms with van der Waals surface area (Å²) < 4.78 is 0. The van der Waals surface area contributed by atoms with Gasteiger partial charge in [0, 0.05) is 11.1 Å². The van der Waals surface area contributed by atoms with Crippen LogP contribution in [0.15, 0.2) is 260 Å². The molecule has 0 aliphatic carbocycles. The third-order valence-electron chi connectivity index (χ3n) is 12.6. The molecule has 4 nitrogen and oxygen atoms in total. The monoisotopic (exact) mass is 848 g/mol. The van der Waals surface area contributed by atoms with E-state index in [2.05, 4.69) is 265 Å². The number of rotatable bonds is 10. The van der Waals surface area contributed by atoms with Gasteiger partial charge in [0.2, 0.25) is 0 Å². The summed E-state index contributed by atoms with van der Waals surface area (Å²) in [7, 11) is 0. The quantitative estimate of drug-likeness (QED) is 0.128.